The molecule has 0 aromatic heterocycles. The Bertz CT molecular complexity index is 264. The van der Waals surface area contributed by atoms with Crippen molar-refractivity contribution in [3.05, 3.63) is 0 Å². The number of rotatable bonds is 4. The number of aliphatic hydroxyl groups is 1. The second-order valence-corrected chi connectivity index (χ2v) is 4.73. The Hall–Kier alpha value is -0.650. The van der Waals surface area contributed by atoms with Gasteiger partial charge < -0.3 is 19.3 Å². The first-order chi connectivity index (χ1) is 7.86. The summed E-state index contributed by atoms with van der Waals surface area (Å²) in [5.41, 5.74) is -1.12. The quantitative estimate of drug-likeness (QED) is 0.756. The first kappa shape index (κ1) is 14.4. The molecule has 4 unspecified atom stereocenters. The van der Waals surface area contributed by atoms with E-state index < -0.39 is 24.0 Å². The molecule has 5 heteroatoms. The Morgan fingerprint density at radius 3 is 2.71 bits per heavy atom. The third kappa shape index (κ3) is 3.94. The zero-order valence-corrected chi connectivity index (χ0v) is 10.9. The van der Waals surface area contributed by atoms with Crippen LogP contribution in [0.2, 0.25) is 0 Å². The molecular weight excluding hydrogens is 224 g/mol. The third-order valence-corrected chi connectivity index (χ3v) is 2.79. The standard InChI is InChI=1S/C12H22O5/c1-5-6-15-10-7-12(4,14)11(8(2)16-10)17-9(3)13/h8,10-11,14H,5-7H2,1-4H3. The van der Waals surface area contributed by atoms with Gasteiger partial charge in [0.25, 0.3) is 0 Å². The topological polar surface area (TPSA) is 65.0 Å². The van der Waals surface area contributed by atoms with E-state index in [-0.39, 0.29) is 6.10 Å². The van der Waals surface area contributed by atoms with Crippen molar-refractivity contribution in [2.45, 2.75) is 64.6 Å². The van der Waals surface area contributed by atoms with E-state index in [0.717, 1.165) is 6.42 Å². The summed E-state index contributed by atoms with van der Waals surface area (Å²) in [5.74, 6) is -0.418. The Kier molecular flexibility index (Phi) is 4.91. The minimum Gasteiger partial charge on any atom is -0.457 e. The molecule has 1 N–H and O–H groups in total. The first-order valence-corrected chi connectivity index (χ1v) is 6.03. The average Bonchev–Trinajstić information content (AvgIpc) is 2.20. The molecule has 0 spiro atoms. The van der Waals surface area contributed by atoms with Gasteiger partial charge in [0.1, 0.15) is 5.60 Å². The highest BCUT2D eigenvalue weighted by Gasteiger charge is 2.46. The maximum absolute atomic E-state index is 11.0. The lowest BCUT2D eigenvalue weighted by Crippen LogP contribution is -2.56. The van der Waals surface area contributed by atoms with Gasteiger partial charge in [-0.2, -0.15) is 0 Å². The number of esters is 1. The molecule has 100 valence electrons. The summed E-state index contributed by atoms with van der Waals surface area (Å²) >= 11 is 0. The van der Waals surface area contributed by atoms with E-state index in [1.165, 1.54) is 6.92 Å². The van der Waals surface area contributed by atoms with Crippen LogP contribution in [0.3, 0.4) is 0 Å². The van der Waals surface area contributed by atoms with Gasteiger partial charge in [-0.1, -0.05) is 6.92 Å². The minimum absolute atomic E-state index is 0.301. The van der Waals surface area contributed by atoms with Crippen molar-refractivity contribution in [2.24, 2.45) is 0 Å². The van der Waals surface area contributed by atoms with Gasteiger partial charge in [0.15, 0.2) is 12.4 Å². The van der Waals surface area contributed by atoms with Crippen LogP contribution in [0.5, 0.6) is 0 Å². The Morgan fingerprint density at radius 1 is 1.59 bits per heavy atom. The van der Waals surface area contributed by atoms with Gasteiger partial charge in [-0.3, -0.25) is 4.79 Å². The second kappa shape index (κ2) is 5.80. The molecule has 1 rings (SSSR count). The van der Waals surface area contributed by atoms with E-state index in [9.17, 15) is 9.90 Å². The second-order valence-electron chi connectivity index (χ2n) is 4.73. The van der Waals surface area contributed by atoms with Crippen LogP contribution >= 0.6 is 0 Å². The molecule has 1 fully saturated rings. The van der Waals surface area contributed by atoms with Crippen LogP contribution in [0.25, 0.3) is 0 Å². The highest BCUT2D eigenvalue weighted by atomic mass is 16.7. The summed E-state index contributed by atoms with van der Waals surface area (Å²) in [6.45, 7) is 7.33. The molecule has 0 radical (unpaired) electrons. The number of hydrogen-bond donors (Lipinski definition) is 1. The van der Waals surface area contributed by atoms with Crippen LogP contribution in [0.1, 0.15) is 40.5 Å². The van der Waals surface area contributed by atoms with E-state index in [1.54, 1.807) is 13.8 Å². The van der Waals surface area contributed by atoms with Crippen molar-refractivity contribution in [3.8, 4) is 0 Å². The molecular formula is C12H22O5. The normalized spacial score (nSPS) is 37.8. The van der Waals surface area contributed by atoms with Crippen molar-refractivity contribution in [1.82, 2.24) is 0 Å². The highest BCUT2D eigenvalue weighted by Crippen LogP contribution is 2.31. The molecule has 0 amide bonds. The van der Waals surface area contributed by atoms with Gasteiger partial charge in [-0.15, -0.1) is 0 Å². The van der Waals surface area contributed by atoms with Gasteiger partial charge >= 0.3 is 5.97 Å². The number of carbonyl (C=O) groups is 1. The van der Waals surface area contributed by atoms with E-state index in [0.29, 0.717) is 13.0 Å². The Balaban J connectivity index is 2.63. The highest BCUT2D eigenvalue weighted by molar-refractivity contribution is 5.66. The molecule has 1 heterocycles. The molecule has 1 saturated heterocycles. The van der Waals surface area contributed by atoms with Gasteiger partial charge in [-0.25, -0.2) is 0 Å². The van der Waals surface area contributed by atoms with E-state index in [2.05, 4.69) is 0 Å². The summed E-state index contributed by atoms with van der Waals surface area (Å²) in [5, 5.41) is 10.3. The molecule has 0 aromatic carbocycles. The van der Waals surface area contributed by atoms with E-state index in [4.69, 9.17) is 14.2 Å². The fourth-order valence-electron chi connectivity index (χ4n) is 2.07. The average molecular weight is 246 g/mol. The predicted molar refractivity (Wildman–Crippen MR) is 61.4 cm³/mol. The smallest absolute Gasteiger partial charge is 0.303 e. The van der Waals surface area contributed by atoms with Crippen molar-refractivity contribution < 1.29 is 24.1 Å². The fourth-order valence-corrected chi connectivity index (χ4v) is 2.07. The molecule has 5 nitrogen and oxygen atoms in total. The minimum atomic E-state index is -1.12. The lowest BCUT2D eigenvalue weighted by Gasteiger charge is -2.43. The molecule has 1 aliphatic heterocycles. The molecule has 0 aliphatic carbocycles. The van der Waals surface area contributed by atoms with Crippen molar-refractivity contribution in [1.29, 1.82) is 0 Å². The van der Waals surface area contributed by atoms with Crippen LogP contribution in [-0.2, 0) is 19.0 Å². The maximum atomic E-state index is 11.0. The van der Waals surface area contributed by atoms with Gasteiger partial charge in [-0.05, 0) is 20.3 Å². The van der Waals surface area contributed by atoms with Crippen LogP contribution in [0, 0.1) is 0 Å². The van der Waals surface area contributed by atoms with Crippen LogP contribution in [-0.4, -0.2) is 41.8 Å². The Labute approximate surface area is 102 Å². The van der Waals surface area contributed by atoms with E-state index >= 15 is 0 Å². The van der Waals surface area contributed by atoms with Crippen molar-refractivity contribution in [3.63, 3.8) is 0 Å². The number of carbonyl (C=O) groups excluding carboxylic acids is 1. The largest absolute Gasteiger partial charge is 0.457 e. The lowest BCUT2D eigenvalue weighted by molar-refractivity contribution is -0.276. The van der Waals surface area contributed by atoms with Gasteiger partial charge in [0.05, 0.1) is 6.10 Å². The molecule has 4 atom stereocenters. The molecule has 1 aliphatic rings. The van der Waals surface area contributed by atoms with Gasteiger partial charge in [0.2, 0.25) is 0 Å². The Morgan fingerprint density at radius 2 is 2.24 bits per heavy atom. The molecule has 0 bridgehead atoms. The number of ether oxygens (including phenoxy) is 3. The third-order valence-electron chi connectivity index (χ3n) is 2.79. The summed E-state index contributed by atoms with van der Waals surface area (Å²) < 4.78 is 16.1. The molecule has 17 heavy (non-hydrogen) atoms. The zero-order valence-electron chi connectivity index (χ0n) is 10.9. The van der Waals surface area contributed by atoms with Crippen LogP contribution < -0.4 is 0 Å². The fraction of sp³-hybridized carbons (Fsp3) is 0.917. The molecule has 0 saturated carbocycles. The first-order valence-electron chi connectivity index (χ1n) is 6.03. The summed E-state index contributed by atoms with van der Waals surface area (Å²) in [6, 6.07) is 0. The summed E-state index contributed by atoms with van der Waals surface area (Å²) in [7, 11) is 0. The van der Waals surface area contributed by atoms with Crippen LogP contribution in [0.15, 0.2) is 0 Å². The maximum Gasteiger partial charge on any atom is 0.303 e. The predicted octanol–water partition coefficient (Wildman–Crippen LogP) is 1.23. The monoisotopic (exact) mass is 246 g/mol. The molecule has 0 aromatic rings. The zero-order chi connectivity index (χ0) is 13.1. The lowest BCUT2D eigenvalue weighted by atomic mass is 9.88. The SMILES string of the molecule is CCCOC1CC(C)(O)C(OC(C)=O)C(C)O1. The number of hydrogen-bond acceptors (Lipinski definition) is 5. The summed E-state index contributed by atoms with van der Waals surface area (Å²) in [4.78, 5) is 11.0. The van der Waals surface area contributed by atoms with Crippen molar-refractivity contribution in [2.75, 3.05) is 6.61 Å². The van der Waals surface area contributed by atoms with Crippen molar-refractivity contribution >= 4 is 5.97 Å². The van der Waals surface area contributed by atoms with Gasteiger partial charge in [0, 0.05) is 20.0 Å². The van der Waals surface area contributed by atoms with Crippen LogP contribution in [0.4, 0.5) is 0 Å². The van der Waals surface area contributed by atoms with E-state index in [1.807, 2.05) is 6.92 Å². The summed E-state index contributed by atoms with van der Waals surface area (Å²) in [6.07, 6.45) is -0.281.